The van der Waals surface area contributed by atoms with Crippen LogP contribution in [0, 0.1) is 13.8 Å². The van der Waals surface area contributed by atoms with E-state index in [4.69, 9.17) is 4.74 Å². The number of hydrogen-bond donors (Lipinski definition) is 1. The molecule has 94 valence electrons. The second-order valence-corrected chi connectivity index (χ2v) is 4.18. The van der Waals surface area contributed by atoms with E-state index in [1.54, 1.807) is 0 Å². The van der Waals surface area contributed by atoms with Crippen LogP contribution in [0.15, 0.2) is 29.1 Å². The number of nitrogens with zero attached hydrogens (tertiary/aromatic N) is 1. The van der Waals surface area contributed by atoms with Crippen LogP contribution >= 0.6 is 0 Å². The summed E-state index contributed by atoms with van der Waals surface area (Å²) in [4.78, 5) is 18.3. The number of aromatic amines is 1. The summed E-state index contributed by atoms with van der Waals surface area (Å²) < 4.78 is 5.68. The van der Waals surface area contributed by atoms with E-state index in [-0.39, 0.29) is 5.56 Å². The number of ether oxygens (including phenoxy) is 1. The van der Waals surface area contributed by atoms with Crippen LogP contribution in [0.4, 0.5) is 0 Å². The fraction of sp³-hybridized carbons (Fsp3) is 0.286. The van der Waals surface area contributed by atoms with Crippen LogP contribution in [0.5, 0.6) is 11.6 Å². The Morgan fingerprint density at radius 3 is 2.83 bits per heavy atom. The van der Waals surface area contributed by atoms with Crippen LogP contribution in [0.2, 0.25) is 0 Å². The largest absolute Gasteiger partial charge is 0.438 e. The number of aromatic nitrogens is 2. The van der Waals surface area contributed by atoms with Crippen molar-refractivity contribution >= 4 is 0 Å². The maximum Gasteiger partial charge on any atom is 0.254 e. The molecule has 0 saturated carbocycles. The summed E-state index contributed by atoms with van der Waals surface area (Å²) in [6.07, 6.45) is 0.666. The van der Waals surface area contributed by atoms with E-state index in [0.29, 0.717) is 18.1 Å². The van der Waals surface area contributed by atoms with E-state index in [9.17, 15) is 4.79 Å². The van der Waals surface area contributed by atoms with E-state index in [2.05, 4.69) is 9.97 Å². The van der Waals surface area contributed by atoms with Crippen LogP contribution in [-0.2, 0) is 6.42 Å². The van der Waals surface area contributed by atoms with Crippen LogP contribution in [-0.4, -0.2) is 9.97 Å². The first-order chi connectivity index (χ1) is 8.60. The molecule has 0 unspecified atom stereocenters. The number of rotatable bonds is 3. The van der Waals surface area contributed by atoms with E-state index in [1.807, 2.05) is 39.0 Å². The molecule has 0 bridgehead atoms. The molecule has 0 atom stereocenters. The topological polar surface area (TPSA) is 55.0 Å². The summed E-state index contributed by atoms with van der Waals surface area (Å²) in [7, 11) is 0. The molecule has 4 heteroatoms. The van der Waals surface area contributed by atoms with Gasteiger partial charge in [-0.15, -0.1) is 0 Å². The van der Waals surface area contributed by atoms with E-state index < -0.39 is 0 Å². The summed E-state index contributed by atoms with van der Waals surface area (Å²) in [6.45, 7) is 5.93. The molecule has 0 fully saturated rings. The SMILES string of the molecule is CCc1nc(Oc2cccc(C)c2C)cc(=O)[nH]1. The fourth-order valence-corrected chi connectivity index (χ4v) is 1.65. The molecular formula is C14H16N2O2. The highest BCUT2D eigenvalue weighted by molar-refractivity contribution is 5.40. The van der Waals surface area contributed by atoms with Crippen molar-refractivity contribution in [1.29, 1.82) is 0 Å². The smallest absolute Gasteiger partial charge is 0.254 e. The van der Waals surface area contributed by atoms with Crippen molar-refractivity contribution < 1.29 is 4.74 Å². The van der Waals surface area contributed by atoms with E-state index in [1.165, 1.54) is 6.07 Å². The Kier molecular flexibility index (Phi) is 3.46. The molecule has 4 nitrogen and oxygen atoms in total. The second kappa shape index (κ2) is 5.04. The zero-order valence-electron chi connectivity index (χ0n) is 10.8. The zero-order chi connectivity index (χ0) is 13.1. The lowest BCUT2D eigenvalue weighted by molar-refractivity contribution is 0.454. The first-order valence-corrected chi connectivity index (χ1v) is 5.94. The molecule has 2 aromatic rings. The first kappa shape index (κ1) is 12.4. The van der Waals surface area contributed by atoms with Crippen molar-refractivity contribution in [2.75, 3.05) is 0 Å². The molecule has 0 aliphatic heterocycles. The van der Waals surface area contributed by atoms with Crippen LogP contribution in [0.1, 0.15) is 23.9 Å². The number of aryl methyl sites for hydroxylation is 2. The van der Waals surface area contributed by atoms with Crippen LogP contribution < -0.4 is 10.3 Å². The number of H-pyrrole nitrogens is 1. The highest BCUT2D eigenvalue weighted by atomic mass is 16.5. The van der Waals surface area contributed by atoms with Crippen LogP contribution in [0.3, 0.4) is 0 Å². The van der Waals surface area contributed by atoms with Gasteiger partial charge in [0.15, 0.2) is 0 Å². The van der Waals surface area contributed by atoms with Crippen molar-refractivity contribution in [1.82, 2.24) is 9.97 Å². The molecule has 1 N–H and O–H groups in total. The average molecular weight is 244 g/mol. The highest BCUT2D eigenvalue weighted by Gasteiger charge is 2.06. The average Bonchev–Trinajstić information content (AvgIpc) is 2.34. The second-order valence-electron chi connectivity index (χ2n) is 4.18. The number of hydrogen-bond acceptors (Lipinski definition) is 3. The number of nitrogens with one attached hydrogen (secondary N) is 1. The van der Waals surface area contributed by atoms with Gasteiger partial charge in [0.1, 0.15) is 11.6 Å². The van der Waals surface area contributed by atoms with Crippen LogP contribution in [0.25, 0.3) is 0 Å². The minimum Gasteiger partial charge on any atom is -0.438 e. The van der Waals surface area contributed by atoms with E-state index >= 15 is 0 Å². The minimum absolute atomic E-state index is 0.192. The Hall–Kier alpha value is -2.10. The number of benzene rings is 1. The minimum atomic E-state index is -0.192. The van der Waals surface area contributed by atoms with Gasteiger partial charge in [0.2, 0.25) is 5.88 Å². The summed E-state index contributed by atoms with van der Waals surface area (Å²) in [5, 5.41) is 0. The molecular weight excluding hydrogens is 228 g/mol. The first-order valence-electron chi connectivity index (χ1n) is 5.94. The Morgan fingerprint density at radius 1 is 1.33 bits per heavy atom. The zero-order valence-corrected chi connectivity index (χ0v) is 10.8. The molecule has 1 aromatic heterocycles. The molecule has 18 heavy (non-hydrogen) atoms. The Labute approximate surface area is 106 Å². The summed E-state index contributed by atoms with van der Waals surface area (Å²) in [5.41, 5.74) is 2.01. The third-order valence-corrected chi connectivity index (χ3v) is 2.87. The predicted octanol–water partition coefficient (Wildman–Crippen LogP) is 2.74. The lowest BCUT2D eigenvalue weighted by Crippen LogP contribution is -2.10. The summed E-state index contributed by atoms with van der Waals surface area (Å²) >= 11 is 0. The molecule has 1 aromatic carbocycles. The van der Waals surface area contributed by atoms with E-state index in [0.717, 1.165) is 16.9 Å². The van der Waals surface area contributed by atoms with Gasteiger partial charge >= 0.3 is 0 Å². The maximum absolute atomic E-state index is 11.4. The fourth-order valence-electron chi connectivity index (χ4n) is 1.65. The molecule has 0 aliphatic carbocycles. The maximum atomic E-state index is 11.4. The van der Waals surface area contributed by atoms with Gasteiger partial charge in [-0.25, -0.2) is 0 Å². The van der Waals surface area contributed by atoms with Gasteiger partial charge in [0.05, 0.1) is 6.07 Å². The van der Waals surface area contributed by atoms with Gasteiger partial charge in [-0.1, -0.05) is 19.1 Å². The quantitative estimate of drug-likeness (QED) is 0.903. The van der Waals surface area contributed by atoms with Gasteiger partial charge in [-0.2, -0.15) is 4.98 Å². The van der Waals surface area contributed by atoms with Gasteiger partial charge in [-0.05, 0) is 31.0 Å². The van der Waals surface area contributed by atoms with Crippen molar-refractivity contribution in [2.45, 2.75) is 27.2 Å². The van der Waals surface area contributed by atoms with Crippen molar-refractivity contribution in [3.63, 3.8) is 0 Å². The Balaban J connectivity index is 2.37. The molecule has 2 rings (SSSR count). The Bertz CT molecular complexity index is 617. The predicted molar refractivity (Wildman–Crippen MR) is 70.2 cm³/mol. The molecule has 0 spiro atoms. The molecule has 0 aliphatic rings. The third kappa shape index (κ3) is 2.59. The monoisotopic (exact) mass is 244 g/mol. The molecule has 1 heterocycles. The molecule has 0 saturated heterocycles. The van der Waals surface area contributed by atoms with Gasteiger partial charge < -0.3 is 9.72 Å². The molecule has 0 radical (unpaired) electrons. The lowest BCUT2D eigenvalue weighted by atomic mass is 10.1. The van der Waals surface area contributed by atoms with Crippen molar-refractivity contribution in [3.05, 3.63) is 51.6 Å². The summed E-state index contributed by atoms with van der Waals surface area (Å²) in [6, 6.07) is 7.17. The van der Waals surface area contributed by atoms with Crippen molar-refractivity contribution in [2.24, 2.45) is 0 Å². The van der Waals surface area contributed by atoms with Crippen molar-refractivity contribution in [3.8, 4) is 11.6 Å². The van der Waals surface area contributed by atoms with Gasteiger partial charge in [0.25, 0.3) is 5.56 Å². The van der Waals surface area contributed by atoms with Gasteiger partial charge in [-0.3, -0.25) is 4.79 Å². The molecule has 0 amide bonds. The normalized spacial score (nSPS) is 10.4. The lowest BCUT2D eigenvalue weighted by Gasteiger charge is -2.09. The highest BCUT2D eigenvalue weighted by Crippen LogP contribution is 2.24. The van der Waals surface area contributed by atoms with Gasteiger partial charge in [0, 0.05) is 6.42 Å². The standard InChI is InChI=1S/C14H16N2O2/c1-4-12-15-13(17)8-14(16-12)18-11-7-5-6-9(2)10(11)3/h5-8H,4H2,1-3H3,(H,15,16,17). The third-order valence-electron chi connectivity index (χ3n) is 2.87. The Morgan fingerprint density at radius 2 is 2.11 bits per heavy atom. The summed E-state index contributed by atoms with van der Waals surface area (Å²) in [5.74, 6) is 1.70.